The Hall–Kier alpha value is -1.28. The Morgan fingerprint density at radius 2 is 2.17 bits per heavy atom. The monoisotopic (exact) mass is 261 g/mol. The molecule has 2 aromatic rings. The Kier molecular flexibility index (Phi) is 4.07. The van der Waals surface area contributed by atoms with Gasteiger partial charge in [0.25, 0.3) is 0 Å². The molecule has 0 fully saturated rings. The van der Waals surface area contributed by atoms with Crippen molar-refractivity contribution >= 4 is 28.2 Å². The van der Waals surface area contributed by atoms with Gasteiger partial charge >= 0.3 is 0 Å². The summed E-state index contributed by atoms with van der Waals surface area (Å²) in [6.45, 7) is 4.32. The van der Waals surface area contributed by atoms with Crippen LogP contribution < -0.4 is 4.90 Å². The second-order valence-electron chi connectivity index (χ2n) is 4.60. The second-order valence-corrected chi connectivity index (χ2v) is 5.03. The minimum absolute atomic E-state index is 0.469. The zero-order valence-electron chi connectivity index (χ0n) is 11.0. The van der Waals surface area contributed by atoms with Crippen LogP contribution in [0, 0.1) is 6.42 Å². The van der Waals surface area contributed by atoms with Crippen LogP contribution in [0.5, 0.6) is 0 Å². The van der Waals surface area contributed by atoms with Crippen molar-refractivity contribution < 1.29 is 0 Å². The number of rotatable bonds is 4. The zero-order chi connectivity index (χ0) is 13.1. The van der Waals surface area contributed by atoms with Gasteiger partial charge in [-0.05, 0) is 44.0 Å². The number of benzene rings is 1. The van der Waals surface area contributed by atoms with E-state index in [2.05, 4.69) is 43.3 Å². The predicted molar refractivity (Wildman–Crippen MR) is 79.2 cm³/mol. The Labute approximate surface area is 114 Å². The molecular weight excluding hydrogens is 244 g/mol. The molecule has 3 heteroatoms. The molecule has 0 N–H and O–H groups in total. The lowest BCUT2D eigenvalue weighted by molar-refractivity contribution is 0.676. The van der Waals surface area contributed by atoms with Gasteiger partial charge in [-0.15, -0.1) is 0 Å². The van der Waals surface area contributed by atoms with Crippen LogP contribution >= 0.6 is 11.6 Å². The number of anilines is 1. The Balaban J connectivity index is 2.44. The van der Waals surface area contributed by atoms with Gasteiger partial charge in [0, 0.05) is 35.4 Å². The minimum Gasteiger partial charge on any atom is -0.371 e. The van der Waals surface area contributed by atoms with Gasteiger partial charge < -0.3 is 4.90 Å². The summed E-state index contributed by atoms with van der Waals surface area (Å²) in [5.41, 5.74) is 2.14. The van der Waals surface area contributed by atoms with Crippen molar-refractivity contribution in [1.82, 2.24) is 4.98 Å². The molecule has 0 unspecified atom stereocenters. The third-order valence-corrected chi connectivity index (χ3v) is 3.53. The van der Waals surface area contributed by atoms with Gasteiger partial charge in [0.15, 0.2) is 0 Å². The molecule has 18 heavy (non-hydrogen) atoms. The van der Waals surface area contributed by atoms with Crippen LogP contribution in [0.2, 0.25) is 5.02 Å². The fraction of sp³-hybridized carbons (Fsp3) is 0.333. The summed E-state index contributed by atoms with van der Waals surface area (Å²) in [6, 6.07) is 8.39. The Morgan fingerprint density at radius 3 is 2.89 bits per heavy atom. The van der Waals surface area contributed by atoms with Crippen LogP contribution in [0.4, 0.5) is 5.69 Å². The standard InChI is InChI=1S/C15H18ClN2/c1-4-5-11(2)18(3)15-8-9-17-14-10-12(16)6-7-13(14)15/h4,6-11H,5H2,1-3H3/t11-/m1/s1. The van der Waals surface area contributed by atoms with E-state index in [1.165, 1.54) is 5.69 Å². The van der Waals surface area contributed by atoms with Crippen LogP contribution in [-0.2, 0) is 0 Å². The molecule has 2 rings (SSSR count). The number of hydrogen-bond donors (Lipinski definition) is 0. The molecule has 1 aromatic heterocycles. The van der Waals surface area contributed by atoms with E-state index in [1.807, 2.05) is 24.4 Å². The SMILES string of the molecule is C[CH]C[C@@H](C)N(C)c1ccnc2cc(Cl)ccc12. The summed E-state index contributed by atoms with van der Waals surface area (Å²) in [6.07, 6.45) is 5.10. The highest BCUT2D eigenvalue weighted by molar-refractivity contribution is 6.31. The summed E-state index contributed by atoms with van der Waals surface area (Å²) in [7, 11) is 2.12. The van der Waals surface area contributed by atoms with Crippen molar-refractivity contribution in [2.75, 3.05) is 11.9 Å². The molecule has 0 spiro atoms. The highest BCUT2D eigenvalue weighted by atomic mass is 35.5. The van der Waals surface area contributed by atoms with Gasteiger partial charge in [-0.3, -0.25) is 4.98 Å². The van der Waals surface area contributed by atoms with E-state index in [1.54, 1.807) is 0 Å². The first kappa shape index (κ1) is 13.2. The first-order chi connectivity index (χ1) is 8.63. The molecule has 1 atom stereocenters. The van der Waals surface area contributed by atoms with E-state index in [4.69, 9.17) is 11.6 Å². The minimum atomic E-state index is 0.469. The molecule has 0 saturated heterocycles. The molecule has 0 aliphatic rings. The summed E-state index contributed by atoms with van der Waals surface area (Å²) in [5.74, 6) is 0. The maximum absolute atomic E-state index is 6.00. The topological polar surface area (TPSA) is 16.1 Å². The molecule has 0 aliphatic carbocycles. The van der Waals surface area contributed by atoms with Gasteiger partial charge in [0.1, 0.15) is 0 Å². The number of fused-ring (bicyclic) bond motifs is 1. The lowest BCUT2D eigenvalue weighted by Gasteiger charge is -2.27. The molecular formula is C15H18ClN2. The fourth-order valence-electron chi connectivity index (χ4n) is 2.15. The average Bonchev–Trinajstić information content (AvgIpc) is 2.37. The lowest BCUT2D eigenvalue weighted by atomic mass is 10.1. The zero-order valence-corrected chi connectivity index (χ0v) is 11.8. The number of aromatic nitrogens is 1. The maximum atomic E-state index is 6.00. The second kappa shape index (κ2) is 5.57. The van der Waals surface area contributed by atoms with E-state index < -0.39 is 0 Å². The van der Waals surface area contributed by atoms with Crippen LogP contribution in [-0.4, -0.2) is 18.1 Å². The molecule has 0 saturated carbocycles. The molecule has 0 amide bonds. The smallest absolute Gasteiger partial charge is 0.0737 e. The van der Waals surface area contributed by atoms with Crippen LogP contribution in [0.3, 0.4) is 0 Å². The number of pyridine rings is 1. The molecule has 0 aliphatic heterocycles. The van der Waals surface area contributed by atoms with E-state index >= 15 is 0 Å². The molecule has 2 nitrogen and oxygen atoms in total. The van der Waals surface area contributed by atoms with E-state index in [0.29, 0.717) is 6.04 Å². The van der Waals surface area contributed by atoms with Crippen molar-refractivity contribution in [3.8, 4) is 0 Å². The van der Waals surface area contributed by atoms with Gasteiger partial charge in [0.2, 0.25) is 0 Å². The number of nitrogens with zero attached hydrogens (tertiary/aromatic N) is 2. The third kappa shape index (κ3) is 2.59. The lowest BCUT2D eigenvalue weighted by Crippen LogP contribution is -2.28. The average molecular weight is 262 g/mol. The molecule has 1 aromatic carbocycles. The van der Waals surface area contributed by atoms with E-state index in [0.717, 1.165) is 22.3 Å². The molecule has 95 valence electrons. The normalized spacial score (nSPS) is 12.7. The summed E-state index contributed by atoms with van der Waals surface area (Å²) >= 11 is 6.00. The van der Waals surface area contributed by atoms with E-state index in [-0.39, 0.29) is 0 Å². The summed E-state index contributed by atoms with van der Waals surface area (Å²) in [4.78, 5) is 6.66. The fourth-order valence-corrected chi connectivity index (χ4v) is 2.32. The highest BCUT2D eigenvalue weighted by Crippen LogP contribution is 2.28. The Morgan fingerprint density at radius 1 is 1.39 bits per heavy atom. The quantitative estimate of drug-likeness (QED) is 0.815. The Bertz CT molecular complexity index is 539. The van der Waals surface area contributed by atoms with E-state index in [9.17, 15) is 0 Å². The van der Waals surface area contributed by atoms with Gasteiger partial charge in [-0.25, -0.2) is 0 Å². The summed E-state index contributed by atoms with van der Waals surface area (Å²) in [5, 5.41) is 1.87. The van der Waals surface area contributed by atoms with Gasteiger partial charge in [-0.2, -0.15) is 0 Å². The third-order valence-electron chi connectivity index (χ3n) is 3.30. The number of hydrogen-bond acceptors (Lipinski definition) is 2. The van der Waals surface area contributed by atoms with Crippen LogP contribution in [0.25, 0.3) is 10.9 Å². The van der Waals surface area contributed by atoms with Crippen LogP contribution in [0.15, 0.2) is 30.5 Å². The predicted octanol–water partition coefficient (Wildman–Crippen LogP) is 4.33. The van der Waals surface area contributed by atoms with Crippen molar-refractivity contribution in [2.24, 2.45) is 0 Å². The first-order valence-electron chi connectivity index (χ1n) is 6.18. The van der Waals surface area contributed by atoms with Crippen molar-refractivity contribution in [3.63, 3.8) is 0 Å². The molecule has 1 radical (unpaired) electrons. The van der Waals surface area contributed by atoms with Gasteiger partial charge in [-0.1, -0.05) is 18.5 Å². The summed E-state index contributed by atoms with van der Waals surface area (Å²) < 4.78 is 0. The van der Waals surface area contributed by atoms with Crippen molar-refractivity contribution in [2.45, 2.75) is 26.3 Å². The molecule has 0 bridgehead atoms. The van der Waals surface area contributed by atoms with Crippen molar-refractivity contribution in [1.29, 1.82) is 0 Å². The molecule has 1 heterocycles. The number of halogens is 1. The van der Waals surface area contributed by atoms with Crippen molar-refractivity contribution in [3.05, 3.63) is 41.9 Å². The van der Waals surface area contributed by atoms with Gasteiger partial charge in [0.05, 0.1) is 5.52 Å². The maximum Gasteiger partial charge on any atom is 0.0737 e. The largest absolute Gasteiger partial charge is 0.371 e. The van der Waals surface area contributed by atoms with Crippen LogP contribution in [0.1, 0.15) is 20.3 Å². The highest BCUT2D eigenvalue weighted by Gasteiger charge is 2.12. The first-order valence-corrected chi connectivity index (χ1v) is 6.56.